The highest BCUT2D eigenvalue weighted by atomic mass is 33.1. The number of nitrogens with two attached hydrogens (primary N) is 1. The Hall–Kier alpha value is -8.32. The zero-order valence-corrected chi connectivity index (χ0v) is 56.9. The van der Waals surface area contributed by atoms with E-state index in [-0.39, 0.29) is 115 Å². The first-order valence-electron chi connectivity index (χ1n) is 32.6. The van der Waals surface area contributed by atoms with Crippen molar-refractivity contribution < 1.29 is 88.5 Å². The Morgan fingerprint density at radius 3 is 1.72 bits per heavy atom. The summed E-state index contributed by atoms with van der Waals surface area (Å²) in [6.07, 6.45) is -1.30. The molecule has 2 saturated heterocycles. The average Bonchev–Trinajstić information content (AvgIpc) is 1.73. The van der Waals surface area contributed by atoms with Crippen LogP contribution in [0, 0.1) is 0 Å². The van der Waals surface area contributed by atoms with Crippen molar-refractivity contribution in [1.82, 2.24) is 62.1 Å². The van der Waals surface area contributed by atoms with Gasteiger partial charge in [0.05, 0.1) is 56.7 Å². The highest BCUT2D eigenvalue weighted by molar-refractivity contribution is 8.76. The van der Waals surface area contributed by atoms with Crippen LogP contribution in [0.25, 0.3) is 0 Å². The van der Waals surface area contributed by atoms with Crippen molar-refractivity contribution in [3.05, 3.63) is 95.6 Å². The summed E-state index contributed by atoms with van der Waals surface area (Å²) in [5.74, 6) is -12.2. The third-order valence-electron chi connectivity index (χ3n) is 16.7. The molecule has 0 spiro atoms. The van der Waals surface area contributed by atoms with Gasteiger partial charge in [-0.25, -0.2) is 0 Å². The highest BCUT2D eigenvalue weighted by Gasteiger charge is 2.38. The van der Waals surface area contributed by atoms with Crippen molar-refractivity contribution in [1.29, 1.82) is 0 Å². The minimum absolute atomic E-state index is 0.0534. The number of aliphatic imine (C=N–C) groups is 1. The number of amides is 8. The van der Waals surface area contributed by atoms with E-state index in [1.165, 1.54) is 38.1 Å². The predicted molar refractivity (Wildman–Crippen MR) is 366 cm³/mol. The van der Waals surface area contributed by atoms with Crippen LogP contribution in [0.4, 0.5) is 5.69 Å². The predicted octanol–water partition coefficient (Wildman–Crippen LogP) is -3.30. The van der Waals surface area contributed by atoms with Crippen LogP contribution < -0.4 is 48.3 Å². The smallest absolute Gasteiger partial charge is 0.317 e. The monoisotopic (exact) mass is 1420 g/mol. The zero-order chi connectivity index (χ0) is 72.1. The topological polar surface area (TPSA) is 477 Å². The second-order valence-corrected chi connectivity index (χ2v) is 27.1. The lowest BCUT2D eigenvalue weighted by molar-refractivity contribution is -0.140. The minimum Gasteiger partial charge on any atom is -0.508 e. The number of carbonyl (C=O) groups is 11. The fourth-order valence-corrected chi connectivity index (χ4v) is 13.5. The van der Waals surface area contributed by atoms with Crippen LogP contribution in [0.15, 0.2) is 83.9 Å². The summed E-state index contributed by atoms with van der Waals surface area (Å²) in [4.78, 5) is 165. The highest BCUT2D eigenvalue weighted by Crippen LogP contribution is 2.34. The van der Waals surface area contributed by atoms with E-state index in [4.69, 9.17) is 5.73 Å². The number of carboxylic acids is 3. The number of aromatic hydroxyl groups is 1. The molecule has 0 radical (unpaired) electrons. The first kappa shape index (κ1) is 79.7. The van der Waals surface area contributed by atoms with Crippen LogP contribution in [0.5, 0.6) is 5.75 Å². The Morgan fingerprint density at radius 1 is 0.616 bits per heavy atom. The summed E-state index contributed by atoms with van der Waals surface area (Å²) in [7, 11) is 1.81. The lowest BCUT2D eigenvalue weighted by Gasteiger charge is -2.33. The van der Waals surface area contributed by atoms with Gasteiger partial charge in [-0.2, -0.15) is 0 Å². The number of nitrogens with one attached hydrogen (secondary N) is 8. The maximum absolute atomic E-state index is 15.3. The van der Waals surface area contributed by atoms with Gasteiger partial charge in [0, 0.05) is 88.8 Å². The van der Waals surface area contributed by atoms with Crippen LogP contribution in [0.3, 0.4) is 0 Å². The number of fused-ring (bicyclic) bond motifs is 1. The quantitative estimate of drug-likeness (QED) is 0.0276. The zero-order valence-electron chi connectivity index (χ0n) is 55.2. The second-order valence-electron chi connectivity index (χ2n) is 24.6. The van der Waals surface area contributed by atoms with Crippen molar-refractivity contribution in [3.63, 3.8) is 0 Å². The largest absolute Gasteiger partial charge is 0.508 e. The van der Waals surface area contributed by atoms with Gasteiger partial charge in [-0.15, -0.1) is 0 Å². The molecule has 11 atom stereocenters. The lowest BCUT2D eigenvalue weighted by Crippen LogP contribution is -2.62. The van der Waals surface area contributed by atoms with Gasteiger partial charge in [0.25, 0.3) is 0 Å². The van der Waals surface area contributed by atoms with Gasteiger partial charge in [0.15, 0.2) is 0 Å². The van der Waals surface area contributed by atoms with Crippen LogP contribution >= 0.6 is 21.6 Å². The SMILES string of the molecule is CC(O)[C@@H]1NC(=O)[C@H](CCCCN)NC(=O)[C@@H](CC2C=Nc3ccccc32)NC(=O)[C@H](Cc2ccc(O)cc2)NC(=O)[C@@H](NC(=O)[C@@H](Cc2ccccc2)NC(=O)CN2CCN(CC(=O)O)CCN(CC(=O)O)CCN(CC(=O)O)CC2)CSSC[C@@H](C(=O)N[C@H](CO)C(C)O)NC1=O. The number of rotatable bonds is 26. The maximum atomic E-state index is 15.3. The van der Waals surface area contributed by atoms with E-state index in [0.717, 1.165) is 21.6 Å². The van der Waals surface area contributed by atoms with Crippen LogP contribution in [0.1, 0.15) is 62.1 Å². The number of aliphatic hydroxyl groups excluding tert-OH is 3. The van der Waals surface area contributed by atoms with E-state index in [1.807, 2.05) is 0 Å². The van der Waals surface area contributed by atoms with Crippen LogP contribution in [-0.4, -0.2) is 290 Å². The van der Waals surface area contributed by atoms with Gasteiger partial charge in [-0.05, 0) is 81.0 Å². The average molecular weight is 1420 g/mol. The van der Waals surface area contributed by atoms with Crippen molar-refractivity contribution in [3.8, 4) is 5.75 Å². The summed E-state index contributed by atoms with van der Waals surface area (Å²) in [5.41, 5.74) is 8.12. The van der Waals surface area contributed by atoms with Crippen LogP contribution in [0.2, 0.25) is 0 Å². The van der Waals surface area contributed by atoms with E-state index in [1.54, 1.807) is 80.4 Å². The van der Waals surface area contributed by atoms with Crippen molar-refractivity contribution >= 4 is 98.7 Å². The number of nitrogens with zero attached hydrogens (tertiary/aromatic N) is 5. The minimum atomic E-state index is -1.77. The number of hydrogen-bond acceptors (Lipinski definition) is 23. The molecule has 8 amide bonds. The molecule has 0 bridgehead atoms. The Morgan fingerprint density at radius 2 is 1.15 bits per heavy atom. The van der Waals surface area contributed by atoms with E-state index >= 15 is 14.4 Å². The fourth-order valence-electron chi connectivity index (χ4n) is 11.2. The summed E-state index contributed by atoms with van der Waals surface area (Å²) < 4.78 is 0. The molecule has 32 nitrogen and oxygen atoms in total. The molecule has 6 rings (SSSR count). The van der Waals surface area contributed by atoms with Crippen molar-refractivity contribution in [2.75, 3.05) is 103 Å². The fraction of sp³-hybridized carbons (Fsp3) is 0.538. The van der Waals surface area contributed by atoms with E-state index in [9.17, 15) is 74.1 Å². The number of benzene rings is 3. The molecule has 3 unspecified atom stereocenters. The molecule has 3 aliphatic heterocycles. The van der Waals surface area contributed by atoms with Gasteiger partial charge < -0.3 is 84.0 Å². The van der Waals surface area contributed by atoms with Crippen molar-refractivity contribution in [2.45, 2.75) is 119 Å². The third-order valence-corrected chi connectivity index (χ3v) is 19.2. The van der Waals surface area contributed by atoms with Gasteiger partial charge in [0.2, 0.25) is 47.3 Å². The molecule has 3 aliphatic rings. The molecule has 3 heterocycles. The van der Waals surface area contributed by atoms with Gasteiger partial charge in [-0.1, -0.05) is 82.3 Å². The third kappa shape index (κ3) is 27.0. The number of para-hydroxylation sites is 1. The molecule has 3 aromatic carbocycles. The van der Waals surface area contributed by atoms with Gasteiger partial charge >= 0.3 is 17.9 Å². The van der Waals surface area contributed by atoms with Crippen molar-refractivity contribution in [2.24, 2.45) is 10.7 Å². The Kier molecular flexibility index (Phi) is 32.7. The number of phenols is 1. The number of carbonyl (C=O) groups excluding carboxylic acids is 8. The standard InChI is InChI=1S/C65H92N14O18S2/c1-39(81)51(36-80)72-64(96)53-38-99-98-37-52(73-60(92)48(28-41-10-4-3-5-11-41)68-54(84)32-76-20-22-77(33-55(85)86)24-26-79(35-57(89)90)27-25-78(23-21-76)34-56(87)88)63(95)70-49(29-42-15-17-44(83)18-16-42)61(93)71-50(30-43-31-67-46-13-7-6-12-45(43)46)62(94)69-47(14-8-9-19-66)59(91)75-58(40(2)82)65(97)74-53/h3-7,10-13,15-18,31,39-40,43,47-53,58,80-83H,8-9,14,19-30,32-38,66H2,1-2H3,(H,68,84)(H,69,94)(H,70,95)(H,71,93)(H,72,96)(H,73,92)(H,74,97)(H,75,91)(H,85,86)(H,87,88)(H,89,90)/t39?,40?,43?,47-,48+,49-,50+,51+,52-,53-,58-/m0/s1. The normalized spacial score (nSPS) is 23.1. The van der Waals surface area contributed by atoms with Crippen LogP contribution in [-0.2, 0) is 65.6 Å². The summed E-state index contributed by atoms with van der Waals surface area (Å²) in [6.45, 7) is 1.08. The molecule has 2 fully saturated rings. The Balaban J connectivity index is 1.40. The van der Waals surface area contributed by atoms with E-state index in [2.05, 4.69) is 47.5 Å². The molecule has 0 aliphatic carbocycles. The molecule has 3 aromatic rings. The molecular weight excluding hydrogens is 1330 g/mol. The Labute approximate surface area is 580 Å². The number of carboxylic acid groups (broad SMARTS) is 3. The summed E-state index contributed by atoms with van der Waals surface area (Å²) in [5, 5.41) is 92.6. The molecule has 0 aromatic heterocycles. The molecule has 34 heteroatoms. The molecule has 542 valence electrons. The van der Waals surface area contributed by atoms with Gasteiger partial charge in [0.1, 0.15) is 48.0 Å². The van der Waals surface area contributed by atoms with E-state index < -0.39 is 158 Å². The summed E-state index contributed by atoms with van der Waals surface area (Å²) in [6, 6.07) is 9.18. The Bertz CT molecular complexity index is 3220. The maximum Gasteiger partial charge on any atom is 0.317 e. The molecular formula is C65H92N14O18S2. The number of unbranched alkanes of at least 4 members (excludes halogenated alkanes) is 1. The lowest BCUT2D eigenvalue weighted by atomic mass is 9.93. The van der Waals surface area contributed by atoms with E-state index in [0.29, 0.717) is 28.8 Å². The number of aliphatic hydroxyl groups is 3. The number of aliphatic carboxylic acids is 3. The summed E-state index contributed by atoms with van der Waals surface area (Å²) >= 11 is 0. The number of hydrogen-bond donors (Lipinski definition) is 16. The first-order valence-corrected chi connectivity index (χ1v) is 35.1. The molecule has 17 N–H and O–H groups in total. The molecule has 0 saturated carbocycles. The first-order chi connectivity index (χ1) is 47.3. The number of phenolic OH excluding ortho intramolecular Hbond substituents is 1. The second kappa shape index (κ2) is 40.7. The van der Waals surface area contributed by atoms with Gasteiger partial charge in [-0.3, -0.25) is 77.3 Å². The molecule has 99 heavy (non-hydrogen) atoms.